The normalized spacial score (nSPS) is 20.8. The van der Waals surface area contributed by atoms with E-state index < -0.39 is 0 Å². The molecule has 0 aliphatic carbocycles. The maximum atomic E-state index is 13.7. The summed E-state index contributed by atoms with van der Waals surface area (Å²) in [7, 11) is 0. The van der Waals surface area contributed by atoms with E-state index in [-0.39, 0.29) is 5.82 Å². The first kappa shape index (κ1) is 11.4. The van der Waals surface area contributed by atoms with Crippen LogP contribution in [-0.2, 0) is 0 Å². The van der Waals surface area contributed by atoms with Gasteiger partial charge in [-0.25, -0.2) is 4.39 Å². The summed E-state index contributed by atoms with van der Waals surface area (Å²) in [5, 5.41) is 3.37. The fourth-order valence-electron chi connectivity index (χ4n) is 2.41. The van der Waals surface area contributed by atoms with Crippen LogP contribution in [-0.4, -0.2) is 25.7 Å². The molecule has 0 saturated carbocycles. The van der Waals surface area contributed by atoms with Gasteiger partial charge in [0.1, 0.15) is 5.82 Å². The van der Waals surface area contributed by atoms with Gasteiger partial charge in [0.25, 0.3) is 0 Å². The Bertz CT molecular complexity index is 334. The minimum atomic E-state index is -0.116. The molecule has 0 aromatic heterocycles. The molecule has 1 N–H and O–H groups in total. The topological polar surface area (TPSA) is 15.3 Å². The molecule has 0 amide bonds. The van der Waals surface area contributed by atoms with Crippen molar-refractivity contribution >= 4 is 5.69 Å². The van der Waals surface area contributed by atoms with Crippen molar-refractivity contribution in [1.82, 2.24) is 5.32 Å². The van der Waals surface area contributed by atoms with Crippen LogP contribution in [0.25, 0.3) is 0 Å². The largest absolute Gasteiger partial charge is 0.365 e. The molecule has 16 heavy (non-hydrogen) atoms. The highest BCUT2D eigenvalue weighted by Crippen LogP contribution is 2.23. The van der Waals surface area contributed by atoms with Crippen molar-refractivity contribution in [3.8, 4) is 0 Å². The Kier molecular flexibility index (Phi) is 3.78. The zero-order chi connectivity index (χ0) is 11.4. The number of rotatable bonds is 3. The fourth-order valence-corrected chi connectivity index (χ4v) is 2.41. The van der Waals surface area contributed by atoms with E-state index in [2.05, 4.69) is 17.1 Å². The summed E-state index contributed by atoms with van der Waals surface area (Å²) in [5.41, 5.74) is 0.735. The summed E-state index contributed by atoms with van der Waals surface area (Å²) < 4.78 is 13.7. The van der Waals surface area contributed by atoms with Crippen LogP contribution in [0.5, 0.6) is 0 Å². The highest BCUT2D eigenvalue weighted by Gasteiger charge is 2.21. The van der Waals surface area contributed by atoms with Crippen LogP contribution < -0.4 is 10.2 Å². The number of halogens is 1. The predicted octanol–water partition coefficient (Wildman–Crippen LogP) is 2.40. The first-order valence-electron chi connectivity index (χ1n) is 6.05. The zero-order valence-corrected chi connectivity index (χ0v) is 9.75. The molecule has 2 nitrogen and oxygen atoms in total. The summed E-state index contributed by atoms with van der Waals surface area (Å²) in [6, 6.07) is 7.47. The lowest BCUT2D eigenvalue weighted by Crippen LogP contribution is -2.46. The van der Waals surface area contributed by atoms with Gasteiger partial charge in [-0.3, -0.25) is 0 Å². The third-order valence-corrected chi connectivity index (χ3v) is 3.21. The minimum Gasteiger partial charge on any atom is -0.365 e. The van der Waals surface area contributed by atoms with E-state index in [0.29, 0.717) is 6.04 Å². The molecule has 0 spiro atoms. The SMILES string of the molecule is CCN(c1ccccc1F)C1CCCNC1. The Labute approximate surface area is 96.5 Å². The van der Waals surface area contributed by atoms with Crippen molar-refractivity contribution < 1.29 is 4.39 Å². The lowest BCUT2D eigenvalue weighted by atomic mass is 10.0. The molecular weight excluding hydrogens is 203 g/mol. The molecule has 1 atom stereocenters. The molecular formula is C13H19FN2. The van der Waals surface area contributed by atoms with Gasteiger partial charge in [-0.1, -0.05) is 12.1 Å². The van der Waals surface area contributed by atoms with Gasteiger partial charge in [0.05, 0.1) is 5.69 Å². The monoisotopic (exact) mass is 222 g/mol. The molecule has 0 radical (unpaired) electrons. The molecule has 1 unspecified atom stereocenters. The van der Waals surface area contributed by atoms with Gasteiger partial charge < -0.3 is 10.2 Å². The minimum absolute atomic E-state index is 0.116. The highest BCUT2D eigenvalue weighted by atomic mass is 19.1. The Balaban J connectivity index is 2.18. The highest BCUT2D eigenvalue weighted by molar-refractivity contribution is 5.48. The maximum absolute atomic E-state index is 13.7. The fraction of sp³-hybridized carbons (Fsp3) is 0.538. The number of benzene rings is 1. The zero-order valence-electron chi connectivity index (χ0n) is 9.75. The second-order valence-electron chi connectivity index (χ2n) is 4.24. The van der Waals surface area contributed by atoms with Gasteiger partial charge in [0, 0.05) is 19.1 Å². The Hall–Kier alpha value is -1.09. The molecule has 88 valence electrons. The van der Waals surface area contributed by atoms with Gasteiger partial charge in [-0.2, -0.15) is 0 Å². The average Bonchev–Trinajstić information content (AvgIpc) is 2.34. The number of anilines is 1. The van der Waals surface area contributed by atoms with E-state index in [4.69, 9.17) is 0 Å². The van der Waals surface area contributed by atoms with Crippen molar-refractivity contribution in [1.29, 1.82) is 0 Å². The first-order valence-corrected chi connectivity index (χ1v) is 6.05. The van der Waals surface area contributed by atoms with Gasteiger partial charge in [-0.05, 0) is 38.4 Å². The van der Waals surface area contributed by atoms with Crippen LogP contribution in [0.4, 0.5) is 10.1 Å². The Morgan fingerprint density at radius 1 is 1.44 bits per heavy atom. The molecule has 1 saturated heterocycles. The van der Waals surface area contributed by atoms with E-state index in [0.717, 1.165) is 31.7 Å². The number of hydrogen-bond acceptors (Lipinski definition) is 2. The second-order valence-corrected chi connectivity index (χ2v) is 4.24. The summed E-state index contributed by atoms with van der Waals surface area (Å²) in [6.07, 6.45) is 2.32. The van der Waals surface area contributed by atoms with Crippen LogP contribution in [0.2, 0.25) is 0 Å². The second kappa shape index (κ2) is 5.30. The van der Waals surface area contributed by atoms with Gasteiger partial charge in [-0.15, -0.1) is 0 Å². The number of nitrogens with zero attached hydrogens (tertiary/aromatic N) is 1. The lowest BCUT2D eigenvalue weighted by molar-refractivity contribution is 0.431. The molecule has 0 bridgehead atoms. The molecule has 3 heteroatoms. The Morgan fingerprint density at radius 2 is 2.25 bits per heavy atom. The van der Waals surface area contributed by atoms with E-state index in [1.807, 2.05) is 12.1 Å². The first-order chi connectivity index (χ1) is 7.83. The molecule has 1 fully saturated rings. The quantitative estimate of drug-likeness (QED) is 0.845. The summed E-state index contributed by atoms with van der Waals surface area (Å²) in [4.78, 5) is 2.17. The summed E-state index contributed by atoms with van der Waals surface area (Å²) in [5.74, 6) is -0.116. The third-order valence-electron chi connectivity index (χ3n) is 3.21. The van der Waals surface area contributed by atoms with Crippen LogP contribution in [0.1, 0.15) is 19.8 Å². The molecule has 1 aromatic rings. The molecule has 1 heterocycles. The average molecular weight is 222 g/mol. The molecule has 1 aromatic carbocycles. The van der Waals surface area contributed by atoms with E-state index in [1.54, 1.807) is 6.07 Å². The van der Waals surface area contributed by atoms with E-state index >= 15 is 0 Å². The van der Waals surface area contributed by atoms with Gasteiger partial charge in [0.2, 0.25) is 0 Å². The van der Waals surface area contributed by atoms with E-state index in [1.165, 1.54) is 12.5 Å². The van der Waals surface area contributed by atoms with Crippen molar-refractivity contribution in [3.05, 3.63) is 30.1 Å². The van der Waals surface area contributed by atoms with Crippen molar-refractivity contribution in [2.24, 2.45) is 0 Å². The number of likely N-dealkylation sites (N-methyl/N-ethyl adjacent to an activating group) is 1. The van der Waals surface area contributed by atoms with Crippen LogP contribution in [0, 0.1) is 5.82 Å². The maximum Gasteiger partial charge on any atom is 0.146 e. The number of para-hydroxylation sites is 1. The van der Waals surface area contributed by atoms with Crippen molar-refractivity contribution in [2.45, 2.75) is 25.8 Å². The lowest BCUT2D eigenvalue weighted by Gasteiger charge is -2.35. The number of hydrogen-bond donors (Lipinski definition) is 1. The number of nitrogens with one attached hydrogen (secondary N) is 1. The molecule has 1 aliphatic rings. The standard InChI is InChI=1S/C13H19FN2/c1-2-16(11-6-5-9-15-10-11)13-8-4-3-7-12(13)14/h3-4,7-8,11,15H,2,5-6,9-10H2,1H3. The van der Waals surface area contributed by atoms with Crippen LogP contribution in [0.15, 0.2) is 24.3 Å². The smallest absolute Gasteiger partial charge is 0.146 e. The Morgan fingerprint density at radius 3 is 2.88 bits per heavy atom. The third kappa shape index (κ3) is 2.35. The van der Waals surface area contributed by atoms with E-state index in [9.17, 15) is 4.39 Å². The molecule has 2 rings (SSSR count). The van der Waals surface area contributed by atoms with Gasteiger partial charge in [0.15, 0.2) is 0 Å². The predicted molar refractivity (Wildman–Crippen MR) is 65.3 cm³/mol. The van der Waals surface area contributed by atoms with Crippen LogP contribution >= 0.6 is 0 Å². The van der Waals surface area contributed by atoms with Crippen molar-refractivity contribution in [3.63, 3.8) is 0 Å². The van der Waals surface area contributed by atoms with Crippen molar-refractivity contribution in [2.75, 3.05) is 24.5 Å². The van der Waals surface area contributed by atoms with Gasteiger partial charge >= 0.3 is 0 Å². The summed E-state index contributed by atoms with van der Waals surface area (Å²) >= 11 is 0. The molecule has 1 aliphatic heterocycles. The summed E-state index contributed by atoms with van der Waals surface area (Å²) in [6.45, 7) is 4.99. The van der Waals surface area contributed by atoms with Crippen LogP contribution in [0.3, 0.4) is 0 Å². The number of piperidine rings is 1.